The summed E-state index contributed by atoms with van der Waals surface area (Å²) in [6, 6.07) is 2.11. The molecule has 0 spiro atoms. The maximum atomic E-state index is 12.3. The summed E-state index contributed by atoms with van der Waals surface area (Å²) < 4.78 is 12.3. The normalized spacial score (nSPS) is 21.7. The summed E-state index contributed by atoms with van der Waals surface area (Å²) in [6.45, 7) is 9.02. The molecular weight excluding hydrogens is 362 g/mol. The molecule has 1 amide bonds. The van der Waals surface area contributed by atoms with E-state index in [9.17, 15) is 4.79 Å². The molecule has 1 atom stereocenters. The van der Waals surface area contributed by atoms with Crippen molar-refractivity contribution in [2.75, 3.05) is 26.2 Å². The molecule has 0 aromatic carbocycles. The maximum Gasteiger partial charge on any atom is 0.410 e. The van der Waals surface area contributed by atoms with Gasteiger partial charge in [0.2, 0.25) is 0 Å². The first-order chi connectivity index (χ1) is 10.8. The van der Waals surface area contributed by atoms with Crippen LogP contribution < -0.4 is 4.74 Å². The number of nitrogens with zero attached hydrogens (tertiary/aromatic N) is 3. The molecule has 2 aliphatic rings. The number of pyridine rings is 1. The lowest BCUT2D eigenvalue weighted by molar-refractivity contribution is -0.00164. The molecule has 0 aliphatic carbocycles. The van der Waals surface area contributed by atoms with E-state index < -0.39 is 5.60 Å². The Labute approximate surface area is 144 Å². The molecule has 1 aromatic rings. The number of halogens is 1. The highest BCUT2D eigenvalue weighted by atomic mass is 79.9. The molecule has 0 bridgehead atoms. The number of hydrogen-bond donors (Lipinski definition) is 0. The molecule has 7 heteroatoms. The quantitative estimate of drug-likeness (QED) is 0.689. The van der Waals surface area contributed by atoms with E-state index in [1.54, 1.807) is 11.1 Å². The van der Waals surface area contributed by atoms with Crippen LogP contribution in [0.4, 0.5) is 4.79 Å². The third-order valence-electron chi connectivity index (χ3n) is 3.94. The van der Waals surface area contributed by atoms with Crippen LogP contribution in [0, 0.1) is 0 Å². The van der Waals surface area contributed by atoms with Crippen LogP contribution in [0.25, 0.3) is 0 Å². The van der Waals surface area contributed by atoms with Gasteiger partial charge in [0.1, 0.15) is 18.0 Å². The van der Waals surface area contributed by atoms with E-state index in [-0.39, 0.29) is 12.1 Å². The summed E-state index contributed by atoms with van der Waals surface area (Å²) >= 11 is 3.42. The Balaban J connectivity index is 1.68. The molecule has 1 saturated heterocycles. The second kappa shape index (κ2) is 6.28. The van der Waals surface area contributed by atoms with Crippen molar-refractivity contribution >= 4 is 22.0 Å². The number of piperazine rings is 1. The number of carbonyl (C=O) groups is 1. The summed E-state index contributed by atoms with van der Waals surface area (Å²) in [5.74, 6) is 0.817. The minimum Gasteiger partial charge on any atom is -0.490 e. The van der Waals surface area contributed by atoms with E-state index in [0.717, 1.165) is 29.0 Å². The largest absolute Gasteiger partial charge is 0.490 e. The number of aromatic nitrogens is 1. The van der Waals surface area contributed by atoms with Gasteiger partial charge >= 0.3 is 6.09 Å². The summed E-state index contributed by atoms with van der Waals surface area (Å²) in [7, 11) is 0. The number of hydrogen-bond acceptors (Lipinski definition) is 5. The van der Waals surface area contributed by atoms with Crippen LogP contribution in [0.3, 0.4) is 0 Å². The molecule has 23 heavy (non-hydrogen) atoms. The lowest BCUT2D eigenvalue weighted by Gasteiger charge is -2.40. The fourth-order valence-corrected chi connectivity index (χ4v) is 3.13. The average molecular weight is 384 g/mol. The summed E-state index contributed by atoms with van der Waals surface area (Å²) in [5, 5.41) is 0. The van der Waals surface area contributed by atoms with Gasteiger partial charge in [0.05, 0.1) is 11.7 Å². The molecule has 3 rings (SSSR count). The highest BCUT2D eigenvalue weighted by molar-refractivity contribution is 9.10. The predicted octanol–water partition coefficient (Wildman–Crippen LogP) is 2.66. The number of ether oxygens (including phenoxy) is 2. The van der Waals surface area contributed by atoms with E-state index in [0.29, 0.717) is 19.7 Å². The Kier molecular flexibility index (Phi) is 4.51. The van der Waals surface area contributed by atoms with Gasteiger partial charge in [-0.25, -0.2) is 4.79 Å². The van der Waals surface area contributed by atoms with Crippen molar-refractivity contribution in [1.82, 2.24) is 14.8 Å². The molecule has 6 nitrogen and oxygen atoms in total. The van der Waals surface area contributed by atoms with Gasteiger partial charge in [0.25, 0.3) is 0 Å². The third kappa shape index (κ3) is 3.95. The van der Waals surface area contributed by atoms with E-state index in [2.05, 4.69) is 25.8 Å². The number of rotatable bonds is 0. The number of carbonyl (C=O) groups excluding carboxylic acids is 1. The highest BCUT2D eigenvalue weighted by Gasteiger charge is 2.34. The lowest BCUT2D eigenvalue weighted by atomic mass is 10.1. The molecule has 0 N–H and O–H groups in total. The molecule has 1 fully saturated rings. The van der Waals surface area contributed by atoms with Gasteiger partial charge < -0.3 is 14.4 Å². The van der Waals surface area contributed by atoms with Gasteiger partial charge in [-0.15, -0.1) is 0 Å². The Morgan fingerprint density at radius 2 is 2.22 bits per heavy atom. The second-order valence-electron chi connectivity index (χ2n) is 6.96. The molecule has 0 radical (unpaired) electrons. The van der Waals surface area contributed by atoms with E-state index in [4.69, 9.17) is 9.47 Å². The molecule has 126 valence electrons. The van der Waals surface area contributed by atoms with Crippen molar-refractivity contribution < 1.29 is 14.3 Å². The SMILES string of the molecule is CC(C)(C)OC(=O)N1CCN2Cc3ncc(Br)cc3OC[C@H]2C1. The first-order valence-electron chi connectivity index (χ1n) is 7.81. The average Bonchev–Trinajstić information content (AvgIpc) is 2.63. The fraction of sp³-hybridized carbons (Fsp3) is 0.625. The molecular formula is C16H22BrN3O3. The van der Waals surface area contributed by atoms with Crippen molar-refractivity contribution in [1.29, 1.82) is 0 Å². The highest BCUT2D eigenvalue weighted by Crippen LogP contribution is 2.28. The Morgan fingerprint density at radius 1 is 1.43 bits per heavy atom. The van der Waals surface area contributed by atoms with Crippen molar-refractivity contribution in [3.8, 4) is 5.75 Å². The summed E-state index contributed by atoms with van der Waals surface area (Å²) in [5.41, 5.74) is 0.474. The monoisotopic (exact) mass is 383 g/mol. The standard InChI is InChI=1S/C16H22BrN3O3/c1-16(2,3)23-15(21)20-5-4-19-9-13-14(6-11(17)7-18-13)22-10-12(19)8-20/h6-7,12H,4-5,8-10H2,1-3H3/t12-/m1/s1. The lowest BCUT2D eigenvalue weighted by Crippen LogP contribution is -2.56. The van der Waals surface area contributed by atoms with Gasteiger partial charge in [-0.1, -0.05) is 0 Å². The molecule has 1 aromatic heterocycles. The Bertz CT molecular complexity index is 603. The van der Waals surface area contributed by atoms with Crippen molar-refractivity contribution in [2.24, 2.45) is 0 Å². The molecule has 2 aliphatic heterocycles. The van der Waals surface area contributed by atoms with Crippen LogP contribution in [-0.4, -0.2) is 58.8 Å². The van der Waals surface area contributed by atoms with Crippen LogP contribution in [0.15, 0.2) is 16.7 Å². The van der Waals surface area contributed by atoms with Crippen LogP contribution in [-0.2, 0) is 11.3 Å². The minimum atomic E-state index is -0.472. The zero-order valence-electron chi connectivity index (χ0n) is 13.7. The molecule has 0 saturated carbocycles. The minimum absolute atomic E-state index is 0.157. The van der Waals surface area contributed by atoms with Crippen LogP contribution in [0.1, 0.15) is 26.5 Å². The van der Waals surface area contributed by atoms with Crippen molar-refractivity contribution in [2.45, 2.75) is 39.0 Å². The number of fused-ring (bicyclic) bond motifs is 2. The van der Waals surface area contributed by atoms with E-state index in [1.165, 1.54) is 0 Å². The van der Waals surface area contributed by atoms with Crippen LogP contribution in [0.2, 0.25) is 0 Å². The first-order valence-corrected chi connectivity index (χ1v) is 8.60. The van der Waals surface area contributed by atoms with Gasteiger partial charge in [-0.3, -0.25) is 9.88 Å². The smallest absolute Gasteiger partial charge is 0.410 e. The van der Waals surface area contributed by atoms with Gasteiger partial charge in [0, 0.05) is 36.8 Å². The van der Waals surface area contributed by atoms with Gasteiger partial charge in [-0.05, 0) is 42.8 Å². The first kappa shape index (κ1) is 16.5. The summed E-state index contributed by atoms with van der Waals surface area (Å²) in [4.78, 5) is 20.8. The van der Waals surface area contributed by atoms with Crippen LogP contribution >= 0.6 is 15.9 Å². The predicted molar refractivity (Wildman–Crippen MR) is 89.4 cm³/mol. The van der Waals surface area contributed by atoms with E-state index in [1.807, 2.05) is 26.8 Å². The summed E-state index contributed by atoms with van der Waals surface area (Å²) in [6.07, 6.45) is 1.54. The van der Waals surface area contributed by atoms with E-state index >= 15 is 0 Å². The second-order valence-corrected chi connectivity index (χ2v) is 7.88. The third-order valence-corrected chi connectivity index (χ3v) is 4.37. The fourth-order valence-electron chi connectivity index (χ4n) is 2.82. The molecule has 3 heterocycles. The van der Waals surface area contributed by atoms with Crippen LogP contribution in [0.5, 0.6) is 5.75 Å². The Morgan fingerprint density at radius 3 is 2.96 bits per heavy atom. The number of amides is 1. The maximum absolute atomic E-state index is 12.3. The topological polar surface area (TPSA) is 54.9 Å². The van der Waals surface area contributed by atoms with Crippen molar-refractivity contribution in [3.05, 3.63) is 22.4 Å². The van der Waals surface area contributed by atoms with Gasteiger partial charge in [-0.2, -0.15) is 0 Å². The zero-order chi connectivity index (χ0) is 16.6. The zero-order valence-corrected chi connectivity index (χ0v) is 15.3. The van der Waals surface area contributed by atoms with Crippen molar-refractivity contribution in [3.63, 3.8) is 0 Å². The molecule has 0 unspecified atom stereocenters. The van der Waals surface area contributed by atoms with Gasteiger partial charge in [0.15, 0.2) is 0 Å². The Hall–Kier alpha value is -1.34.